The number of nitrogens with one attached hydrogen (secondary N) is 1. The third-order valence-corrected chi connectivity index (χ3v) is 5.42. The van der Waals surface area contributed by atoms with Crippen LogP contribution >= 0.6 is 12.2 Å². The zero-order chi connectivity index (χ0) is 22.0. The molecule has 1 fully saturated rings. The Hall–Kier alpha value is -3.38. The van der Waals surface area contributed by atoms with Gasteiger partial charge in [-0.1, -0.05) is 36.4 Å². The van der Waals surface area contributed by atoms with Crippen LogP contribution in [0.5, 0.6) is 5.75 Å². The van der Waals surface area contributed by atoms with E-state index in [1.54, 1.807) is 11.0 Å². The molecule has 1 aromatic heterocycles. The molecule has 0 bridgehead atoms. The fourth-order valence-electron chi connectivity index (χ4n) is 3.64. The van der Waals surface area contributed by atoms with Crippen molar-refractivity contribution >= 4 is 29.3 Å². The molecule has 0 spiro atoms. The predicted molar refractivity (Wildman–Crippen MR) is 124 cm³/mol. The molecular formula is C25H24N2O3S. The first-order valence-corrected chi connectivity index (χ1v) is 10.5. The summed E-state index contributed by atoms with van der Waals surface area (Å²) in [4.78, 5) is 14.5. The number of aryl methyl sites for hydroxylation is 2. The average molecular weight is 433 g/mol. The number of rotatable bonds is 6. The van der Waals surface area contributed by atoms with Gasteiger partial charge in [0.1, 0.15) is 29.6 Å². The minimum Gasteiger partial charge on any atom is -0.486 e. The molecule has 1 aliphatic rings. The highest BCUT2D eigenvalue weighted by atomic mass is 32.1. The van der Waals surface area contributed by atoms with Gasteiger partial charge >= 0.3 is 0 Å². The summed E-state index contributed by atoms with van der Waals surface area (Å²) in [6.07, 6.45) is 1.67. The molecule has 5 nitrogen and oxygen atoms in total. The molecule has 1 amide bonds. The highest BCUT2D eigenvalue weighted by molar-refractivity contribution is 7.80. The molecule has 31 heavy (non-hydrogen) atoms. The smallest absolute Gasteiger partial charge is 0.277 e. The van der Waals surface area contributed by atoms with E-state index in [1.807, 2.05) is 75.4 Å². The molecule has 0 aliphatic carbocycles. The summed E-state index contributed by atoms with van der Waals surface area (Å²) in [5.41, 5.74) is 3.71. The molecule has 6 heteroatoms. The number of furan rings is 1. The molecule has 1 N–H and O–H groups in total. The molecule has 2 heterocycles. The molecule has 1 saturated heterocycles. The van der Waals surface area contributed by atoms with Crippen LogP contribution in [0.1, 0.15) is 41.2 Å². The Kier molecular flexibility index (Phi) is 5.91. The van der Waals surface area contributed by atoms with Crippen LogP contribution in [0.3, 0.4) is 0 Å². The Morgan fingerprint density at radius 2 is 1.81 bits per heavy atom. The Morgan fingerprint density at radius 1 is 1.10 bits per heavy atom. The highest BCUT2D eigenvalue weighted by Crippen LogP contribution is 2.26. The third-order valence-electron chi connectivity index (χ3n) is 5.12. The average Bonchev–Trinajstić information content (AvgIpc) is 3.30. The fourth-order valence-corrected chi connectivity index (χ4v) is 3.99. The second kappa shape index (κ2) is 8.78. The number of hydrogen-bond donors (Lipinski definition) is 1. The molecule has 0 radical (unpaired) electrons. The van der Waals surface area contributed by atoms with Gasteiger partial charge in [0, 0.05) is 6.08 Å². The zero-order valence-electron chi connectivity index (χ0n) is 17.7. The van der Waals surface area contributed by atoms with Crippen LogP contribution in [-0.2, 0) is 11.4 Å². The second-order valence-corrected chi connectivity index (χ2v) is 8.05. The molecule has 0 saturated carbocycles. The third kappa shape index (κ3) is 4.70. The van der Waals surface area contributed by atoms with Crippen molar-refractivity contribution in [1.29, 1.82) is 0 Å². The number of thiocarbonyl (C=S) groups is 1. The van der Waals surface area contributed by atoms with E-state index < -0.39 is 0 Å². The van der Waals surface area contributed by atoms with E-state index >= 15 is 0 Å². The SMILES string of the molecule is Cc1cc(C)cc(OCc2ccc(/C=C3\NC(=S)N(C(C)c4ccccc4)C3=O)o2)c1. The van der Waals surface area contributed by atoms with Gasteiger partial charge in [-0.3, -0.25) is 9.69 Å². The maximum atomic E-state index is 13.0. The quantitative estimate of drug-likeness (QED) is 0.423. The van der Waals surface area contributed by atoms with Crippen molar-refractivity contribution in [1.82, 2.24) is 10.2 Å². The van der Waals surface area contributed by atoms with E-state index in [0.717, 1.165) is 22.4 Å². The monoisotopic (exact) mass is 432 g/mol. The van der Waals surface area contributed by atoms with Crippen LogP contribution in [-0.4, -0.2) is 15.9 Å². The highest BCUT2D eigenvalue weighted by Gasteiger charge is 2.35. The fraction of sp³-hybridized carbons (Fsp3) is 0.200. The molecule has 158 valence electrons. The largest absolute Gasteiger partial charge is 0.486 e. The van der Waals surface area contributed by atoms with Gasteiger partial charge in [-0.05, 0) is 73.9 Å². The Bertz CT molecular complexity index is 1130. The van der Waals surface area contributed by atoms with Gasteiger partial charge in [-0.2, -0.15) is 0 Å². The van der Waals surface area contributed by atoms with Crippen molar-refractivity contribution < 1.29 is 13.9 Å². The molecular weight excluding hydrogens is 408 g/mol. The van der Waals surface area contributed by atoms with Crippen LogP contribution in [0.2, 0.25) is 0 Å². The number of hydrogen-bond acceptors (Lipinski definition) is 4. The van der Waals surface area contributed by atoms with E-state index in [4.69, 9.17) is 21.4 Å². The molecule has 4 rings (SSSR count). The number of carbonyl (C=O) groups is 1. The van der Waals surface area contributed by atoms with Crippen LogP contribution < -0.4 is 10.1 Å². The maximum Gasteiger partial charge on any atom is 0.277 e. The summed E-state index contributed by atoms with van der Waals surface area (Å²) in [6.45, 7) is 6.34. The van der Waals surface area contributed by atoms with E-state index in [2.05, 4.69) is 11.4 Å². The van der Waals surface area contributed by atoms with Gasteiger partial charge in [-0.25, -0.2) is 0 Å². The summed E-state index contributed by atoms with van der Waals surface area (Å²) >= 11 is 5.41. The number of nitrogens with zero attached hydrogens (tertiary/aromatic N) is 1. The van der Waals surface area contributed by atoms with Crippen LogP contribution in [0.25, 0.3) is 6.08 Å². The molecule has 3 aromatic rings. The lowest BCUT2D eigenvalue weighted by atomic mass is 10.1. The minimum atomic E-state index is -0.175. The van der Waals surface area contributed by atoms with E-state index in [9.17, 15) is 4.79 Å². The molecule has 2 aromatic carbocycles. The number of amides is 1. The summed E-state index contributed by atoms with van der Waals surface area (Å²) in [5.74, 6) is 1.86. The summed E-state index contributed by atoms with van der Waals surface area (Å²) in [7, 11) is 0. The number of ether oxygens (including phenoxy) is 1. The van der Waals surface area contributed by atoms with Crippen molar-refractivity contribution in [3.05, 3.63) is 94.6 Å². The topological polar surface area (TPSA) is 54.7 Å². The first kappa shape index (κ1) is 20.9. The normalized spacial score (nSPS) is 16.0. The number of benzene rings is 2. The first-order valence-electron chi connectivity index (χ1n) is 10.1. The second-order valence-electron chi connectivity index (χ2n) is 7.67. The van der Waals surface area contributed by atoms with Gasteiger partial charge in [0.2, 0.25) is 0 Å². The van der Waals surface area contributed by atoms with Crippen LogP contribution in [0.15, 0.2) is 70.8 Å². The predicted octanol–water partition coefficient (Wildman–Crippen LogP) is 5.29. The van der Waals surface area contributed by atoms with Gasteiger partial charge in [0.05, 0.1) is 6.04 Å². The van der Waals surface area contributed by atoms with E-state index in [1.165, 1.54) is 0 Å². The molecule has 1 aliphatic heterocycles. The first-order chi connectivity index (χ1) is 14.9. The molecule has 1 atom stereocenters. The van der Waals surface area contributed by atoms with Crippen molar-refractivity contribution in [2.75, 3.05) is 0 Å². The Balaban J connectivity index is 1.45. The molecule has 1 unspecified atom stereocenters. The van der Waals surface area contributed by atoms with Crippen molar-refractivity contribution in [2.45, 2.75) is 33.4 Å². The summed E-state index contributed by atoms with van der Waals surface area (Å²) < 4.78 is 11.7. The number of carbonyl (C=O) groups excluding carboxylic acids is 1. The lowest BCUT2D eigenvalue weighted by molar-refractivity contribution is -0.123. The van der Waals surface area contributed by atoms with E-state index in [0.29, 0.717) is 28.9 Å². The summed E-state index contributed by atoms with van der Waals surface area (Å²) in [5, 5.41) is 3.40. The Labute approximate surface area is 187 Å². The maximum absolute atomic E-state index is 13.0. The van der Waals surface area contributed by atoms with Gasteiger partial charge in [-0.15, -0.1) is 0 Å². The van der Waals surface area contributed by atoms with Gasteiger partial charge in [0.25, 0.3) is 5.91 Å². The minimum absolute atomic E-state index is 0.169. The van der Waals surface area contributed by atoms with Crippen LogP contribution in [0.4, 0.5) is 0 Å². The van der Waals surface area contributed by atoms with E-state index in [-0.39, 0.29) is 11.9 Å². The van der Waals surface area contributed by atoms with Crippen LogP contribution in [0, 0.1) is 13.8 Å². The lowest BCUT2D eigenvalue weighted by Crippen LogP contribution is -2.33. The standard InChI is InChI=1S/C25H24N2O3S/c1-16-11-17(2)13-22(12-16)29-15-21-10-9-20(30-21)14-23-24(28)27(25(31)26-23)18(3)19-7-5-4-6-8-19/h4-14,18H,15H2,1-3H3,(H,26,31)/b23-14-. The van der Waals surface area contributed by atoms with Crippen molar-refractivity contribution in [3.8, 4) is 5.75 Å². The Morgan fingerprint density at radius 3 is 2.52 bits per heavy atom. The zero-order valence-corrected chi connectivity index (χ0v) is 18.5. The van der Waals surface area contributed by atoms with Gasteiger partial charge < -0.3 is 14.5 Å². The summed E-state index contributed by atoms with van der Waals surface area (Å²) in [6, 6.07) is 19.4. The van der Waals surface area contributed by atoms with Gasteiger partial charge in [0.15, 0.2) is 5.11 Å². The van der Waals surface area contributed by atoms with Crippen molar-refractivity contribution in [2.24, 2.45) is 0 Å². The lowest BCUT2D eigenvalue weighted by Gasteiger charge is -2.23. The van der Waals surface area contributed by atoms with Crippen molar-refractivity contribution in [3.63, 3.8) is 0 Å².